The Bertz CT molecular complexity index is 770. The second kappa shape index (κ2) is 5.85. The Morgan fingerprint density at radius 2 is 2.00 bits per heavy atom. The van der Waals surface area contributed by atoms with Crippen molar-refractivity contribution in [3.8, 4) is 0 Å². The van der Waals surface area contributed by atoms with E-state index < -0.39 is 0 Å². The van der Waals surface area contributed by atoms with Gasteiger partial charge >= 0.3 is 6.03 Å². The van der Waals surface area contributed by atoms with Crippen molar-refractivity contribution in [1.29, 1.82) is 0 Å². The average Bonchev–Trinajstić information content (AvgIpc) is 2.85. The molecule has 0 radical (unpaired) electrons. The highest BCUT2D eigenvalue weighted by Gasteiger charge is 2.05. The highest BCUT2D eigenvalue weighted by atomic mass is 35.5. The summed E-state index contributed by atoms with van der Waals surface area (Å²) in [6, 6.07) is 14.8. The van der Waals surface area contributed by atoms with Gasteiger partial charge in [0.05, 0.1) is 11.0 Å². The van der Waals surface area contributed by atoms with Gasteiger partial charge in [-0.25, -0.2) is 9.78 Å². The largest absolute Gasteiger partial charge is 0.334 e. The number of nitrogens with zero attached hydrogens (tertiary/aromatic N) is 1. The normalized spacial score (nSPS) is 10.5. The van der Waals surface area contributed by atoms with Crippen molar-refractivity contribution >= 4 is 34.4 Å². The van der Waals surface area contributed by atoms with Gasteiger partial charge in [0, 0.05) is 12.2 Å². The first-order valence-electron chi connectivity index (χ1n) is 6.45. The fourth-order valence-corrected chi connectivity index (χ4v) is 2.20. The zero-order chi connectivity index (χ0) is 14.7. The van der Waals surface area contributed by atoms with E-state index in [1.165, 1.54) is 0 Å². The summed E-state index contributed by atoms with van der Waals surface area (Å²) in [6.45, 7) is 0.477. The summed E-state index contributed by atoms with van der Waals surface area (Å²) in [5, 5.41) is 5.90. The Balaban J connectivity index is 1.63. The summed E-state index contributed by atoms with van der Waals surface area (Å²) in [6.07, 6.45) is 0. The van der Waals surface area contributed by atoms with Crippen LogP contribution in [0.4, 0.5) is 10.5 Å². The fraction of sp³-hybridized carbons (Fsp3) is 0.0667. The maximum atomic E-state index is 11.9. The number of hydrogen-bond acceptors (Lipinski definition) is 2. The third-order valence-electron chi connectivity index (χ3n) is 3.01. The standard InChI is InChI=1S/C15H13ClN4O/c16-14-19-12-7-6-11(8-13(12)20-14)18-15(21)17-9-10-4-2-1-3-5-10/h1-8H,9H2,(H,19,20)(H2,17,18,21). The number of aromatic amines is 1. The molecule has 5 nitrogen and oxygen atoms in total. The Kier molecular flexibility index (Phi) is 3.75. The summed E-state index contributed by atoms with van der Waals surface area (Å²) >= 11 is 5.79. The van der Waals surface area contributed by atoms with Crippen molar-refractivity contribution in [2.24, 2.45) is 0 Å². The molecular weight excluding hydrogens is 288 g/mol. The number of benzene rings is 2. The third-order valence-corrected chi connectivity index (χ3v) is 3.19. The van der Waals surface area contributed by atoms with Gasteiger partial charge in [0.25, 0.3) is 0 Å². The topological polar surface area (TPSA) is 69.8 Å². The van der Waals surface area contributed by atoms with Gasteiger partial charge in [-0.05, 0) is 35.4 Å². The molecule has 0 spiro atoms. The van der Waals surface area contributed by atoms with Gasteiger partial charge in [-0.3, -0.25) is 0 Å². The van der Waals surface area contributed by atoms with Gasteiger partial charge in [-0.15, -0.1) is 0 Å². The molecular formula is C15H13ClN4O. The lowest BCUT2D eigenvalue weighted by Crippen LogP contribution is -2.28. The SMILES string of the molecule is O=C(NCc1ccccc1)Nc1ccc2nc(Cl)[nH]c2c1. The van der Waals surface area contributed by atoms with Crippen LogP contribution in [0.3, 0.4) is 0 Å². The van der Waals surface area contributed by atoms with E-state index in [9.17, 15) is 4.79 Å². The average molecular weight is 301 g/mol. The quantitative estimate of drug-likeness (QED) is 0.692. The van der Waals surface area contributed by atoms with Crippen LogP contribution in [0.5, 0.6) is 0 Å². The van der Waals surface area contributed by atoms with E-state index in [0.29, 0.717) is 17.5 Å². The van der Waals surface area contributed by atoms with Gasteiger partial charge in [0.2, 0.25) is 5.28 Å². The maximum Gasteiger partial charge on any atom is 0.319 e. The molecule has 1 aromatic heterocycles. The fourth-order valence-electron chi connectivity index (χ4n) is 2.01. The Hall–Kier alpha value is -2.53. The molecule has 2 aromatic carbocycles. The molecule has 2 amide bonds. The Morgan fingerprint density at radius 3 is 2.81 bits per heavy atom. The highest BCUT2D eigenvalue weighted by Crippen LogP contribution is 2.18. The van der Waals surface area contributed by atoms with Gasteiger partial charge < -0.3 is 15.6 Å². The number of rotatable bonds is 3. The number of halogens is 1. The Labute approximate surface area is 126 Å². The molecule has 0 saturated heterocycles. The number of fused-ring (bicyclic) bond motifs is 1. The van der Waals surface area contributed by atoms with Gasteiger partial charge in [-0.1, -0.05) is 30.3 Å². The molecule has 0 aliphatic carbocycles. The van der Waals surface area contributed by atoms with Crippen LogP contribution in [0, 0.1) is 0 Å². The number of imidazole rings is 1. The lowest BCUT2D eigenvalue weighted by molar-refractivity contribution is 0.251. The molecule has 0 atom stereocenters. The minimum Gasteiger partial charge on any atom is -0.334 e. The molecule has 3 aromatic rings. The molecule has 0 aliphatic rings. The summed E-state index contributed by atoms with van der Waals surface area (Å²) < 4.78 is 0. The highest BCUT2D eigenvalue weighted by molar-refractivity contribution is 6.29. The summed E-state index contributed by atoms with van der Waals surface area (Å²) in [5.41, 5.74) is 3.26. The maximum absolute atomic E-state index is 11.9. The van der Waals surface area contributed by atoms with Crippen LogP contribution >= 0.6 is 11.6 Å². The van der Waals surface area contributed by atoms with E-state index in [1.54, 1.807) is 18.2 Å². The summed E-state index contributed by atoms with van der Waals surface area (Å²) in [7, 11) is 0. The van der Waals surface area contributed by atoms with Crippen molar-refractivity contribution in [3.63, 3.8) is 0 Å². The number of hydrogen-bond donors (Lipinski definition) is 3. The van der Waals surface area contributed by atoms with Crippen molar-refractivity contribution in [3.05, 3.63) is 59.4 Å². The first-order chi connectivity index (χ1) is 10.2. The number of nitrogens with one attached hydrogen (secondary N) is 3. The van der Waals surface area contributed by atoms with Crippen LogP contribution in [0.15, 0.2) is 48.5 Å². The number of aromatic nitrogens is 2. The van der Waals surface area contributed by atoms with Gasteiger partial charge in [0.1, 0.15) is 0 Å². The predicted molar refractivity (Wildman–Crippen MR) is 83.4 cm³/mol. The summed E-state index contributed by atoms with van der Waals surface area (Å²) in [5.74, 6) is 0. The molecule has 0 saturated carbocycles. The van der Waals surface area contributed by atoms with E-state index in [4.69, 9.17) is 11.6 Å². The first-order valence-corrected chi connectivity index (χ1v) is 6.82. The molecule has 21 heavy (non-hydrogen) atoms. The molecule has 0 aliphatic heterocycles. The van der Waals surface area contributed by atoms with Crippen LogP contribution in [0.1, 0.15) is 5.56 Å². The van der Waals surface area contributed by atoms with E-state index >= 15 is 0 Å². The molecule has 0 fully saturated rings. The van der Waals surface area contributed by atoms with E-state index in [0.717, 1.165) is 16.6 Å². The lowest BCUT2D eigenvalue weighted by atomic mass is 10.2. The number of amides is 2. The summed E-state index contributed by atoms with van der Waals surface area (Å²) in [4.78, 5) is 18.9. The Morgan fingerprint density at radius 1 is 1.19 bits per heavy atom. The van der Waals surface area contributed by atoms with Crippen LogP contribution in [0.2, 0.25) is 5.28 Å². The zero-order valence-electron chi connectivity index (χ0n) is 11.1. The van der Waals surface area contributed by atoms with Crippen LogP contribution < -0.4 is 10.6 Å². The zero-order valence-corrected chi connectivity index (χ0v) is 11.8. The molecule has 1 heterocycles. The minimum absolute atomic E-state index is 0.260. The molecule has 3 rings (SSSR count). The van der Waals surface area contributed by atoms with E-state index in [-0.39, 0.29) is 6.03 Å². The molecule has 0 bridgehead atoms. The van der Waals surface area contributed by atoms with Crippen LogP contribution in [0.25, 0.3) is 11.0 Å². The number of H-pyrrole nitrogens is 1. The van der Waals surface area contributed by atoms with Crippen molar-refractivity contribution < 1.29 is 4.79 Å². The molecule has 6 heteroatoms. The minimum atomic E-state index is -0.260. The number of urea groups is 1. The lowest BCUT2D eigenvalue weighted by Gasteiger charge is -2.07. The first kappa shape index (κ1) is 13.5. The second-order valence-corrected chi connectivity index (χ2v) is 4.91. The van der Waals surface area contributed by atoms with Crippen molar-refractivity contribution in [2.45, 2.75) is 6.54 Å². The molecule has 0 unspecified atom stereocenters. The van der Waals surface area contributed by atoms with Crippen molar-refractivity contribution in [2.75, 3.05) is 5.32 Å². The van der Waals surface area contributed by atoms with Crippen LogP contribution in [-0.2, 0) is 6.54 Å². The predicted octanol–water partition coefficient (Wildman–Crippen LogP) is 3.54. The van der Waals surface area contributed by atoms with Gasteiger partial charge in [-0.2, -0.15) is 0 Å². The molecule has 3 N–H and O–H groups in total. The smallest absolute Gasteiger partial charge is 0.319 e. The monoisotopic (exact) mass is 300 g/mol. The van der Waals surface area contributed by atoms with Crippen molar-refractivity contribution in [1.82, 2.24) is 15.3 Å². The third kappa shape index (κ3) is 3.32. The van der Waals surface area contributed by atoms with E-state index in [2.05, 4.69) is 20.6 Å². The van der Waals surface area contributed by atoms with Gasteiger partial charge in [0.15, 0.2) is 0 Å². The number of carbonyl (C=O) groups excluding carboxylic acids is 1. The molecule has 106 valence electrons. The number of carbonyl (C=O) groups is 1. The second-order valence-electron chi connectivity index (χ2n) is 4.55. The van der Waals surface area contributed by atoms with Crippen LogP contribution in [-0.4, -0.2) is 16.0 Å². The van der Waals surface area contributed by atoms with E-state index in [1.807, 2.05) is 30.3 Å². The number of anilines is 1.